The number of benzene rings is 7. The molecule has 0 fully saturated rings. The molecule has 0 amide bonds. The van der Waals surface area contributed by atoms with Gasteiger partial charge in [-0.05, 0) is 106 Å². The van der Waals surface area contributed by atoms with Crippen LogP contribution in [0.25, 0.3) is 82.5 Å². The molecule has 0 N–H and O–H groups in total. The maximum Gasteiger partial charge on any atom is 0.0541 e. The fourth-order valence-electron chi connectivity index (χ4n) is 9.12. The molecule has 0 saturated carbocycles. The quantitative estimate of drug-likeness (QED) is 0.171. The second kappa shape index (κ2) is 12.2. The topological polar surface area (TPSA) is 14.8 Å². The molecule has 3 heterocycles. The van der Waals surface area contributed by atoms with Crippen molar-refractivity contribution in [1.82, 2.24) is 13.7 Å². The molecule has 0 spiro atoms. The van der Waals surface area contributed by atoms with E-state index in [1.807, 2.05) is 0 Å². The molecule has 7 aromatic carbocycles. The van der Waals surface area contributed by atoms with Crippen LogP contribution in [0.3, 0.4) is 0 Å². The van der Waals surface area contributed by atoms with Gasteiger partial charge in [0.05, 0.1) is 50.2 Å². The van der Waals surface area contributed by atoms with E-state index in [2.05, 4.69) is 222 Å². The predicted octanol–water partition coefficient (Wildman–Crippen LogP) is 14.9. The van der Waals surface area contributed by atoms with Crippen LogP contribution in [-0.4, -0.2) is 13.7 Å². The van der Waals surface area contributed by atoms with E-state index in [0.29, 0.717) is 0 Å². The first-order chi connectivity index (χ1) is 27.2. The molecule has 0 aliphatic heterocycles. The summed E-state index contributed by atoms with van der Waals surface area (Å²) in [4.78, 5) is 0. The first kappa shape index (κ1) is 35.4. The van der Waals surface area contributed by atoms with Crippen LogP contribution >= 0.6 is 0 Å². The van der Waals surface area contributed by atoms with Crippen molar-refractivity contribution in [3.63, 3.8) is 0 Å². The van der Waals surface area contributed by atoms with Crippen molar-refractivity contribution in [1.29, 1.82) is 0 Å². The van der Waals surface area contributed by atoms with E-state index in [-0.39, 0.29) is 16.2 Å². The molecule has 0 atom stereocenters. The van der Waals surface area contributed by atoms with Gasteiger partial charge in [0.25, 0.3) is 0 Å². The summed E-state index contributed by atoms with van der Waals surface area (Å²) in [6.45, 7) is 20.7. The van der Waals surface area contributed by atoms with Crippen LogP contribution in [0, 0.1) is 0 Å². The van der Waals surface area contributed by atoms with Crippen LogP contribution in [-0.2, 0) is 16.2 Å². The number of fused-ring (bicyclic) bond motifs is 9. The predicted molar refractivity (Wildman–Crippen MR) is 246 cm³/mol. The average molecular weight is 742 g/mol. The molecule has 0 saturated heterocycles. The highest BCUT2D eigenvalue weighted by Gasteiger charge is 2.23. The van der Waals surface area contributed by atoms with Gasteiger partial charge in [0.15, 0.2) is 0 Å². The number of rotatable bonds is 3. The molecule has 0 radical (unpaired) electrons. The Bertz CT molecular complexity index is 2870. The van der Waals surface area contributed by atoms with Gasteiger partial charge in [0.2, 0.25) is 0 Å². The minimum absolute atomic E-state index is 0.0389. The normalized spacial score (nSPS) is 13.0. The van der Waals surface area contributed by atoms with Gasteiger partial charge >= 0.3 is 0 Å². The second-order valence-electron chi connectivity index (χ2n) is 19.2. The van der Waals surface area contributed by atoms with Gasteiger partial charge < -0.3 is 13.7 Å². The van der Waals surface area contributed by atoms with Crippen LogP contribution in [0.4, 0.5) is 0 Å². The summed E-state index contributed by atoms with van der Waals surface area (Å²) in [5, 5.41) is 7.64. The second-order valence-corrected chi connectivity index (χ2v) is 19.2. The van der Waals surface area contributed by atoms with E-state index in [0.717, 1.165) is 17.1 Å². The van der Waals surface area contributed by atoms with Gasteiger partial charge in [-0.3, -0.25) is 0 Å². The largest absolute Gasteiger partial charge is 0.309 e. The molecule has 0 unspecified atom stereocenters. The van der Waals surface area contributed by atoms with Crippen molar-refractivity contribution >= 4 is 65.4 Å². The van der Waals surface area contributed by atoms with Gasteiger partial charge in [0.1, 0.15) is 0 Å². The monoisotopic (exact) mass is 741 g/mol. The summed E-state index contributed by atoms with van der Waals surface area (Å²) in [5.41, 5.74) is 14.8. The molecule has 3 heteroatoms. The number of hydrogen-bond acceptors (Lipinski definition) is 0. The fourth-order valence-corrected chi connectivity index (χ4v) is 9.12. The lowest BCUT2D eigenvalue weighted by atomic mass is 9.86. The summed E-state index contributed by atoms with van der Waals surface area (Å²) in [6, 6.07) is 55.2. The standard InChI is InChI=1S/C54H51N3/c1-52(2,3)34-22-25-49-43(28-34)40-16-10-13-19-46(40)55(49)37-31-38(56-47-20-14-11-17-41(47)44-29-35(53(4,5)6)23-26-50(44)56)33-39(32-37)57-48-21-15-12-18-42(48)45-30-36(54(7,8)9)24-27-51(45)57/h10-33H,1-9H3. The smallest absolute Gasteiger partial charge is 0.0541 e. The molecule has 3 aromatic heterocycles. The molecular weight excluding hydrogens is 691 g/mol. The van der Waals surface area contributed by atoms with Crippen molar-refractivity contribution in [2.24, 2.45) is 0 Å². The van der Waals surface area contributed by atoms with Crippen molar-refractivity contribution < 1.29 is 0 Å². The molecule has 3 nitrogen and oxygen atoms in total. The summed E-state index contributed by atoms with van der Waals surface area (Å²) < 4.78 is 7.46. The Hall–Kier alpha value is -6.06. The lowest BCUT2D eigenvalue weighted by Gasteiger charge is -2.20. The van der Waals surface area contributed by atoms with Crippen molar-refractivity contribution in [3.05, 3.63) is 162 Å². The van der Waals surface area contributed by atoms with E-state index >= 15 is 0 Å². The minimum atomic E-state index is 0.0389. The van der Waals surface area contributed by atoms with E-state index < -0.39 is 0 Å². The van der Waals surface area contributed by atoms with Crippen LogP contribution < -0.4 is 0 Å². The van der Waals surface area contributed by atoms with E-state index in [1.165, 1.54) is 82.1 Å². The number of aromatic nitrogens is 3. The Morgan fingerprint density at radius 3 is 0.772 bits per heavy atom. The third-order valence-electron chi connectivity index (χ3n) is 12.3. The van der Waals surface area contributed by atoms with Gasteiger partial charge in [0, 0.05) is 32.3 Å². The zero-order chi connectivity index (χ0) is 39.6. The van der Waals surface area contributed by atoms with Gasteiger partial charge in [-0.25, -0.2) is 0 Å². The minimum Gasteiger partial charge on any atom is -0.309 e. The van der Waals surface area contributed by atoms with Crippen LogP contribution in [0.2, 0.25) is 0 Å². The van der Waals surface area contributed by atoms with Crippen LogP contribution in [0.5, 0.6) is 0 Å². The molecule has 10 aromatic rings. The Morgan fingerprint density at radius 1 is 0.263 bits per heavy atom. The highest BCUT2D eigenvalue weighted by molar-refractivity contribution is 6.12. The molecule has 0 aliphatic carbocycles. The van der Waals surface area contributed by atoms with Gasteiger partial charge in [-0.1, -0.05) is 135 Å². The third kappa shape index (κ3) is 5.54. The third-order valence-corrected chi connectivity index (χ3v) is 12.3. The Balaban J connectivity index is 1.34. The lowest BCUT2D eigenvalue weighted by molar-refractivity contribution is 0.591. The van der Waals surface area contributed by atoms with Crippen LogP contribution in [0.1, 0.15) is 79.0 Å². The lowest BCUT2D eigenvalue weighted by Crippen LogP contribution is -2.10. The number of nitrogens with zero attached hydrogens (tertiary/aromatic N) is 3. The van der Waals surface area contributed by atoms with Gasteiger partial charge in [-0.15, -0.1) is 0 Å². The van der Waals surface area contributed by atoms with Crippen molar-refractivity contribution in [2.75, 3.05) is 0 Å². The zero-order valence-electron chi connectivity index (χ0n) is 34.7. The van der Waals surface area contributed by atoms with Crippen molar-refractivity contribution in [3.8, 4) is 17.1 Å². The Labute approximate surface area is 335 Å². The molecule has 57 heavy (non-hydrogen) atoms. The summed E-state index contributed by atoms with van der Waals surface area (Å²) in [6.07, 6.45) is 0. The molecule has 282 valence electrons. The molecule has 10 rings (SSSR count). The first-order valence-corrected chi connectivity index (χ1v) is 20.4. The molecule has 0 bridgehead atoms. The summed E-state index contributed by atoms with van der Waals surface area (Å²) in [7, 11) is 0. The Morgan fingerprint density at radius 2 is 0.509 bits per heavy atom. The van der Waals surface area contributed by atoms with E-state index in [4.69, 9.17) is 0 Å². The maximum atomic E-state index is 2.49. The summed E-state index contributed by atoms with van der Waals surface area (Å²) >= 11 is 0. The Kier molecular flexibility index (Phi) is 7.58. The average Bonchev–Trinajstić information content (AvgIpc) is 3.82. The van der Waals surface area contributed by atoms with E-state index in [9.17, 15) is 0 Å². The zero-order valence-corrected chi connectivity index (χ0v) is 34.7. The first-order valence-electron chi connectivity index (χ1n) is 20.4. The van der Waals surface area contributed by atoms with Crippen LogP contribution in [0.15, 0.2) is 146 Å². The van der Waals surface area contributed by atoms with E-state index in [1.54, 1.807) is 0 Å². The number of para-hydroxylation sites is 3. The SMILES string of the molecule is CC(C)(C)c1ccc2c(c1)c1ccccc1n2-c1cc(-n2c3ccccc3c3cc(C(C)(C)C)ccc32)cc(-n2c3ccccc3c3cc(C(C)(C)C)ccc32)c1. The van der Waals surface area contributed by atoms with Crippen molar-refractivity contribution in [2.45, 2.75) is 78.6 Å². The van der Waals surface area contributed by atoms with Gasteiger partial charge in [-0.2, -0.15) is 0 Å². The molecular formula is C54H51N3. The maximum absolute atomic E-state index is 2.49. The number of hydrogen-bond donors (Lipinski definition) is 0. The fraction of sp³-hybridized carbons (Fsp3) is 0.222. The highest BCUT2D eigenvalue weighted by atomic mass is 15.0. The summed E-state index contributed by atoms with van der Waals surface area (Å²) in [5.74, 6) is 0. The highest BCUT2D eigenvalue weighted by Crippen LogP contribution is 2.41. The molecule has 0 aliphatic rings.